The Hall–Kier alpha value is -0.520. The lowest BCUT2D eigenvalue weighted by molar-refractivity contribution is 0.0845. The molecular formula is C16H28. The van der Waals surface area contributed by atoms with Gasteiger partial charge in [0.15, 0.2) is 0 Å². The van der Waals surface area contributed by atoms with E-state index in [9.17, 15) is 0 Å². The molecule has 16 heavy (non-hydrogen) atoms. The predicted octanol–water partition coefficient (Wildman–Crippen LogP) is 5.22. The molecule has 0 N–H and O–H groups in total. The van der Waals surface area contributed by atoms with Crippen LogP contribution in [0.4, 0.5) is 0 Å². The van der Waals surface area contributed by atoms with E-state index in [2.05, 4.69) is 53.9 Å². The summed E-state index contributed by atoms with van der Waals surface area (Å²) < 4.78 is 0. The standard InChI is InChI=1S/C16H28/c1-8-16(7)10-9-13(15(4,5)6)11-14(16)12(2)3/h8,13-14H,1-2,9-11H2,3-7H3/t13-,14+,16-/m1/s1. The summed E-state index contributed by atoms with van der Waals surface area (Å²) in [7, 11) is 0. The molecule has 1 fully saturated rings. The van der Waals surface area contributed by atoms with Gasteiger partial charge in [-0.25, -0.2) is 0 Å². The Morgan fingerprint density at radius 2 is 1.94 bits per heavy atom. The third-order valence-corrected chi connectivity index (χ3v) is 4.63. The van der Waals surface area contributed by atoms with Gasteiger partial charge in [0.25, 0.3) is 0 Å². The molecule has 0 aromatic carbocycles. The van der Waals surface area contributed by atoms with Crippen molar-refractivity contribution in [2.45, 2.75) is 53.9 Å². The maximum absolute atomic E-state index is 4.19. The fourth-order valence-electron chi connectivity index (χ4n) is 3.13. The summed E-state index contributed by atoms with van der Waals surface area (Å²) in [5.74, 6) is 1.44. The van der Waals surface area contributed by atoms with Gasteiger partial charge in [-0.15, -0.1) is 6.58 Å². The van der Waals surface area contributed by atoms with Crippen molar-refractivity contribution in [1.29, 1.82) is 0 Å². The molecule has 1 aliphatic rings. The summed E-state index contributed by atoms with van der Waals surface area (Å²) in [5, 5.41) is 0. The zero-order valence-electron chi connectivity index (χ0n) is 11.8. The van der Waals surface area contributed by atoms with Crippen LogP contribution in [0.15, 0.2) is 24.8 Å². The molecule has 0 heteroatoms. The van der Waals surface area contributed by atoms with Gasteiger partial charge in [0.05, 0.1) is 0 Å². The molecule has 0 aromatic heterocycles. The Kier molecular flexibility index (Phi) is 3.72. The molecule has 1 aliphatic carbocycles. The van der Waals surface area contributed by atoms with Crippen molar-refractivity contribution in [2.24, 2.45) is 22.7 Å². The Labute approximate surface area is 102 Å². The van der Waals surface area contributed by atoms with Crippen LogP contribution in [0.3, 0.4) is 0 Å². The van der Waals surface area contributed by atoms with Crippen LogP contribution in [0.2, 0.25) is 0 Å². The fourth-order valence-corrected chi connectivity index (χ4v) is 3.13. The molecule has 1 saturated carbocycles. The second-order valence-electron chi connectivity index (χ2n) is 6.95. The van der Waals surface area contributed by atoms with Gasteiger partial charge in [-0.2, -0.15) is 0 Å². The van der Waals surface area contributed by atoms with Crippen LogP contribution in [0.1, 0.15) is 53.9 Å². The van der Waals surface area contributed by atoms with Crippen molar-refractivity contribution in [3.63, 3.8) is 0 Å². The van der Waals surface area contributed by atoms with E-state index in [1.807, 2.05) is 0 Å². The van der Waals surface area contributed by atoms with Crippen molar-refractivity contribution in [3.8, 4) is 0 Å². The molecule has 0 unspecified atom stereocenters. The molecule has 0 bridgehead atoms. The molecule has 0 aromatic rings. The van der Waals surface area contributed by atoms with Gasteiger partial charge in [0, 0.05) is 0 Å². The van der Waals surface area contributed by atoms with Crippen molar-refractivity contribution < 1.29 is 0 Å². The Morgan fingerprint density at radius 3 is 2.31 bits per heavy atom. The topological polar surface area (TPSA) is 0 Å². The molecule has 0 heterocycles. The molecule has 3 atom stereocenters. The first-order valence-corrected chi connectivity index (χ1v) is 6.49. The maximum atomic E-state index is 4.19. The minimum Gasteiger partial charge on any atom is -0.103 e. The van der Waals surface area contributed by atoms with Gasteiger partial charge in [-0.3, -0.25) is 0 Å². The van der Waals surface area contributed by atoms with Gasteiger partial charge in [-0.1, -0.05) is 45.9 Å². The van der Waals surface area contributed by atoms with E-state index in [1.54, 1.807) is 0 Å². The SMILES string of the molecule is C=C[C@]1(C)CC[C@@H](C(C)(C)C)C[C@H]1C(=C)C. The lowest BCUT2D eigenvalue weighted by Gasteiger charge is -2.47. The Bertz CT molecular complexity index is 279. The van der Waals surface area contributed by atoms with Gasteiger partial charge < -0.3 is 0 Å². The summed E-state index contributed by atoms with van der Waals surface area (Å²) in [6.07, 6.45) is 6.03. The summed E-state index contributed by atoms with van der Waals surface area (Å²) in [6, 6.07) is 0. The van der Waals surface area contributed by atoms with Crippen LogP contribution in [0, 0.1) is 22.7 Å². The first-order valence-electron chi connectivity index (χ1n) is 6.49. The van der Waals surface area contributed by atoms with Gasteiger partial charge in [0.2, 0.25) is 0 Å². The van der Waals surface area contributed by atoms with Crippen molar-refractivity contribution in [3.05, 3.63) is 24.8 Å². The summed E-state index contributed by atoms with van der Waals surface area (Å²) in [6.45, 7) is 19.8. The smallest absolute Gasteiger partial charge is 0.00838 e. The van der Waals surface area contributed by atoms with Gasteiger partial charge in [0.1, 0.15) is 0 Å². The van der Waals surface area contributed by atoms with E-state index in [1.165, 1.54) is 24.8 Å². The molecule has 1 rings (SSSR count). The number of rotatable bonds is 2. The highest BCUT2D eigenvalue weighted by Crippen LogP contribution is 2.51. The minimum absolute atomic E-state index is 0.271. The lowest BCUT2D eigenvalue weighted by Crippen LogP contribution is -2.37. The Morgan fingerprint density at radius 1 is 1.38 bits per heavy atom. The van der Waals surface area contributed by atoms with Gasteiger partial charge >= 0.3 is 0 Å². The third-order valence-electron chi connectivity index (χ3n) is 4.63. The Balaban J connectivity index is 2.90. The normalized spacial score (nSPS) is 35.8. The monoisotopic (exact) mass is 220 g/mol. The highest BCUT2D eigenvalue weighted by atomic mass is 14.5. The third kappa shape index (κ3) is 2.59. The highest BCUT2D eigenvalue weighted by Gasteiger charge is 2.41. The molecule has 0 nitrogen and oxygen atoms in total. The lowest BCUT2D eigenvalue weighted by atomic mass is 9.58. The highest BCUT2D eigenvalue weighted by molar-refractivity contribution is 5.12. The summed E-state index contributed by atoms with van der Waals surface area (Å²) in [5.41, 5.74) is 2.03. The van der Waals surface area contributed by atoms with Crippen molar-refractivity contribution in [2.75, 3.05) is 0 Å². The number of allylic oxidation sites excluding steroid dienone is 2. The molecule has 0 saturated heterocycles. The summed E-state index contributed by atoms with van der Waals surface area (Å²) in [4.78, 5) is 0. The fraction of sp³-hybridized carbons (Fsp3) is 0.750. The van der Waals surface area contributed by atoms with E-state index < -0.39 is 0 Å². The summed E-state index contributed by atoms with van der Waals surface area (Å²) >= 11 is 0. The first kappa shape index (κ1) is 13.5. The number of hydrogen-bond acceptors (Lipinski definition) is 0. The first-order chi connectivity index (χ1) is 7.20. The van der Waals surface area contributed by atoms with Crippen LogP contribution in [0.5, 0.6) is 0 Å². The molecule has 0 spiro atoms. The molecule has 0 amide bonds. The van der Waals surface area contributed by atoms with Crippen LogP contribution >= 0.6 is 0 Å². The second-order valence-corrected chi connectivity index (χ2v) is 6.95. The molecule has 92 valence electrons. The van der Waals surface area contributed by atoms with Crippen LogP contribution in [0.25, 0.3) is 0 Å². The van der Waals surface area contributed by atoms with Crippen molar-refractivity contribution in [1.82, 2.24) is 0 Å². The van der Waals surface area contributed by atoms with Crippen LogP contribution < -0.4 is 0 Å². The average molecular weight is 220 g/mol. The van der Waals surface area contributed by atoms with Gasteiger partial charge in [-0.05, 0) is 48.9 Å². The van der Waals surface area contributed by atoms with E-state index in [0.717, 1.165) is 5.92 Å². The molecule has 0 aliphatic heterocycles. The predicted molar refractivity (Wildman–Crippen MR) is 73.4 cm³/mol. The van der Waals surface area contributed by atoms with Crippen molar-refractivity contribution >= 4 is 0 Å². The zero-order chi connectivity index (χ0) is 12.6. The number of hydrogen-bond donors (Lipinski definition) is 0. The zero-order valence-corrected chi connectivity index (χ0v) is 11.8. The maximum Gasteiger partial charge on any atom is -0.00838 e. The average Bonchev–Trinajstić information content (AvgIpc) is 2.16. The van der Waals surface area contributed by atoms with Crippen LogP contribution in [-0.2, 0) is 0 Å². The largest absolute Gasteiger partial charge is 0.103 e. The van der Waals surface area contributed by atoms with E-state index >= 15 is 0 Å². The second kappa shape index (κ2) is 4.39. The van der Waals surface area contributed by atoms with E-state index in [-0.39, 0.29) is 5.41 Å². The molecular weight excluding hydrogens is 192 g/mol. The van der Waals surface area contributed by atoms with E-state index in [0.29, 0.717) is 11.3 Å². The minimum atomic E-state index is 0.271. The van der Waals surface area contributed by atoms with Crippen LogP contribution in [-0.4, -0.2) is 0 Å². The quantitative estimate of drug-likeness (QED) is 0.560. The van der Waals surface area contributed by atoms with E-state index in [4.69, 9.17) is 0 Å². The molecule has 0 radical (unpaired) electrons.